The van der Waals surface area contributed by atoms with E-state index in [0.29, 0.717) is 11.8 Å². The maximum atomic E-state index is 2.37. The Hall–Kier alpha value is -1.31. The highest BCUT2D eigenvalue weighted by molar-refractivity contribution is 5.85. The fraction of sp³-hybridized carbons (Fsp3) is 0.400. The Morgan fingerprint density at radius 2 is 1.36 bits per heavy atom. The van der Waals surface area contributed by atoms with Crippen LogP contribution in [0.25, 0.3) is 0 Å². The second-order valence-corrected chi connectivity index (χ2v) is 6.88. The molecule has 1 nitrogen and oxygen atoms in total. The summed E-state index contributed by atoms with van der Waals surface area (Å²) in [7, 11) is 4.37. The van der Waals surface area contributed by atoms with Gasteiger partial charge in [0.05, 0.1) is 0 Å². The summed E-state index contributed by atoms with van der Waals surface area (Å²) in [6, 6.07) is 18.3. The number of benzene rings is 2. The third-order valence-corrected chi connectivity index (χ3v) is 5.37. The molecule has 1 unspecified atom stereocenters. The molecule has 0 heterocycles. The van der Waals surface area contributed by atoms with Crippen LogP contribution >= 0.6 is 12.4 Å². The minimum absolute atomic E-state index is 0. The summed E-state index contributed by atoms with van der Waals surface area (Å²) >= 11 is 0. The lowest BCUT2D eigenvalue weighted by Gasteiger charge is -2.46. The Kier molecular flexibility index (Phi) is 4.29. The Morgan fingerprint density at radius 3 is 1.86 bits per heavy atom. The highest BCUT2D eigenvalue weighted by Gasteiger charge is 2.42. The minimum atomic E-state index is 0. The molecule has 3 aliphatic carbocycles. The molecular weight excluding hydrogens is 290 g/mol. The van der Waals surface area contributed by atoms with E-state index in [4.69, 9.17) is 0 Å². The van der Waals surface area contributed by atoms with Crippen molar-refractivity contribution in [2.45, 2.75) is 24.7 Å². The van der Waals surface area contributed by atoms with Crippen molar-refractivity contribution in [3.8, 4) is 0 Å². The Balaban J connectivity index is 0.00000144. The first-order valence-electron chi connectivity index (χ1n) is 8.08. The summed E-state index contributed by atoms with van der Waals surface area (Å²) in [5, 5.41) is 0. The van der Waals surface area contributed by atoms with E-state index in [0.717, 1.165) is 5.92 Å². The van der Waals surface area contributed by atoms with Gasteiger partial charge in [0.1, 0.15) is 0 Å². The monoisotopic (exact) mass is 313 g/mol. The molecule has 2 aromatic rings. The van der Waals surface area contributed by atoms with Crippen LogP contribution in [0.1, 0.15) is 46.9 Å². The number of hydrogen-bond acceptors (Lipinski definition) is 1. The van der Waals surface area contributed by atoms with Crippen molar-refractivity contribution in [1.29, 1.82) is 0 Å². The third kappa shape index (κ3) is 2.37. The summed E-state index contributed by atoms with van der Waals surface area (Å²) < 4.78 is 0. The van der Waals surface area contributed by atoms with Crippen LogP contribution < -0.4 is 0 Å². The van der Waals surface area contributed by atoms with Crippen LogP contribution in [0, 0.1) is 5.92 Å². The Labute approximate surface area is 139 Å². The zero-order valence-electron chi connectivity index (χ0n) is 13.3. The molecule has 1 atom stereocenters. The van der Waals surface area contributed by atoms with Crippen LogP contribution in [0.5, 0.6) is 0 Å². The van der Waals surface area contributed by atoms with E-state index in [1.807, 2.05) is 0 Å². The van der Waals surface area contributed by atoms with Gasteiger partial charge in [0, 0.05) is 11.8 Å². The highest BCUT2D eigenvalue weighted by atomic mass is 35.5. The largest absolute Gasteiger partial charge is 0.309 e. The van der Waals surface area contributed by atoms with Crippen LogP contribution in [0.15, 0.2) is 48.5 Å². The number of halogens is 1. The van der Waals surface area contributed by atoms with Gasteiger partial charge in [0.2, 0.25) is 0 Å². The van der Waals surface area contributed by atoms with Crippen molar-refractivity contribution in [1.82, 2.24) is 4.90 Å². The van der Waals surface area contributed by atoms with Crippen LogP contribution in [0.3, 0.4) is 0 Å². The Morgan fingerprint density at radius 1 is 0.864 bits per heavy atom. The summed E-state index contributed by atoms with van der Waals surface area (Å²) in [6.07, 6.45) is 2.63. The second-order valence-electron chi connectivity index (χ2n) is 6.88. The first-order valence-corrected chi connectivity index (χ1v) is 8.08. The SMILES string of the molecule is CN(C)CCC1CC2c3ccccc3C1c1ccccc12.Cl. The Bertz CT molecular complexity index is 617. The molecule has 0 aliphatic heterocycles. The highest BCUT2D eigenvalue weighted by Crippen LogP contribution is 2.56. The molecule has 116 valence electrons. The number of hydrogen-bond donors (Lipinski definition) is 0. The molecule has 22 heavy (non-hydrogen) atoms. The normalized spacial score (nSPS) is 24.6. The molecule has 0 spiro atoms. The van der Waals surface area contributed by atoms with E-state index in [2.05, 4.69) is 67.5 Å². The van der Waals surface area contributed by atoms with E-state index < -0.39 is 0 Å². The average molecular weight is 314 g/mol. The van der Waals surface area contributed by atoms with Gasteiger partial charge in [0.15, 0.2) is 0 Å². The predicted octanol–water partition coefficient (Wildman–Crippen LogP) is 4.66. The number of fused-ring (bicyclic) bond motifs is 1. The van der Waals surface area contributed by atoms with E-state index >= 15 is 0 Å². The van der Waals surface area contributed by atoms with Gasteiger partial charge < -0.3 is 4.90 Å². The predicted molar refractivity (Wildman–Crippen MR) is 95.1 cm³/mol. The van der Waals surface area contributed by atoms with Gasteiger partial charge in [-0.2, -0.15) is 0 Å². The first kappa shape index (κ1) is 15.6. The number of nitrogens with zero attached hydrogens (tertiary/aromatic N) is 1. The van der Waals surface area contributed by atoms with Gasteiger partial charge in [-0.05, 0) is 61.7 Å². The first-order chi connectivity index (χ1) is 10.3. The molecule has 2 heteroatoms. The van der Waals surface area contributed by atoms with Crippen LogP contribution in [-0.4, -0.2) is 25.5 Å². The van der Waals surface area contributed by atoms with Crippen molar-refractivity contribution in [3.05, 3.63) is 70.8 Å². The molecule has 0 saturated heterocycles. The third-order valence-electron chi connectivity index (χ3n) is 5.37. The fourth-order valence-electron chi connectivity index (χ4n) is 4.47. The molecule has 0 fully saturated rings. The van der Waals surface area contributed by atoms with E-state index in [1.165, 1.54) is 19.4 Å². The van der Waals surface area contributed by atoms with Crippen molar-refractivity contribution in [2.24, 2.45) is 5.92 Å². The standard InChI is InChI=1S/C20H23N.ClH/c1-21(2)12-11-14-13-19-15-7-3-5-9-17(15)20(14)18-10-6-4-8-16(18)19;/h3-10,14,19-20H,11-13H2,1-2H3;1H. The van der Waals surface area contributed by atoms with Crippen molar-refractivity contribution in [2.75, 3.05) is 20.6 Å². The molecule has 3 aliphatic rings. The van der Waals surface area contributed by atoms with Gasteiger partial charge in [-0.25, -0.2) is 0 Å². The summed E-state index contributed by atoms with van der Waals surface area (Å²) in [5.41, 5.74) is 6.36. The lowest BCUT2D eigenvalue weighted by Crippen LogP contribution is -2.33. The topological polar surface area (TPSA) is 3.24 Å². The summed E-state index contributed by atoms with van der Waals surface area (Å²) in [6.45, 7) is 1.19. The second kappa shape index (κ2) is 6.06. The lowest BCUT2D eigenvalue weighted by atomic mass is 9.58. The van der Waals surface area contributed by atoms with Gasteiger partial charge in [-0.3, -0.25) is 0 Å². The van der Waals surface area contributed by atoms with Crippen molar-refractivity contribution < 1.29 is 0 Å². The molecule has 5 rings (SSSR count). The molecule has 0 radical (unpaired) electrons. The lowest BCUT2D eigenvalue weighted by molar-refractivity contribution is 0.287. The van der Waals surface area contributed by atoms with Gasteiger partial charge in [-0.15, -0.1) is 12.4 Å². The maximum absolute atomic E-state index is 2.37. The molecule has 2 bridgehead atoms. The van der Waals surface area contributed by atoms with Crippen LogP contribution in [-0.2, 0) is 0 Å². The average Bonchev–Trinajstić information content (AvgIpc) is 2.53. The van der Waals surface area contributed by atoms with Crippen molar-refractivity contribution in [3.63, 3.8) is 0 Å². The fourth-order valence-corrected chi connectivity index (χ4v) is 4.47. The molecule has 0 saturated carbocycles. The smallest absolute Gasteiger partial charge is 0.0124 e. The quantitative estimate of drug-likeness (QED) is 0.796. The summed E-state index contributed by atoms with van der Waals surface area (Å²) in [4.78, 5) is 2.32. The molecule has 0 amide bonds. The summed E-state index contributed by atoms with van der Waals surface area (Å²) in [5.74, 6) is 2.03. The van der Waals surface area contributed by atoms with E-state index in [-0.39, 0.29) is 12.4 Å². The van der Waals surface area contributed by atoms with Gasteiger partial charge >= 0.3 is 0 Å². The minimum Gasteiger partial charge on any atom is -0.309 e. The van der Waals surface area contributed by atoms with Gasteiger partial charge in [-0.1, -0.05) is 48.5 Å². The molecule has 0 N–H and O–H groups in total. The van der Waals surface area contributed by atoms with Crippen LogP contribution in [0.4, 0.5) is 0 Å². The van der Waals surface area contributed by atoms with Crippen molar-refractivity contribution >= 4 is 12.4 Å². The zero-order chi connectivity index (χ0) is 14.4. The maximum Gasteiger partial charge on any atom is 0.0124 e. The van der Waals surface area contributed by atoms with Gasteiger partial charge in [0.25, 0.3) is 0 Å². The zero-order valence-corrected chi connectivity index (χ0v) is 14.1. The number of rotatable bonds is 3. The molecular formula is C20H24ClN. The van der Waals surface area contributed by atoms with E-state index in [1.54, 1.807) is 22.3 Å². The van der Waals surface area contributed by atoms with Crippen LogP contribution in [0.2, 0.25) is 0 Å². The van der Waals surface area contributed by atoms with E-state index in [9.17, 15) is 0 Å². The molecule has 0 aromatic heterocycles. The molecule has 2 aromatic carbocycles.